The van der Waals surface area contributed by atoms with Crippen LogP contribution < -0.4 is 15.8 Å². The molecule has 0 heterocycles. The summed E-state index contributed by atoms with van der Waals surface area (Å²) in [6, 6.07) is 3.42. The minimum atomic E-state index is -3.61. The molecule has 21 heavy (non-hydrogen) atoms. The minimum absolute atomic E-state index is 0.0805. The highest BCUT2D eigenvalue weighted by molar-refractivity contribution is 7.92. The van der Waals surface area contributed by atoms with Crippen LogP contribution in [-0.2, 0) is 10.0 Å². The Labute approximate surface area is 123 Å². The molecule has 1 aliphatic rings. The van der Waals surface area contributed by atoms with E-state index < -0.39 is 21.7 Å². The summed E-state index contributed by atoms with van der Waals surface area (Å²) < 4.78 is 37.8. The molecule has 0 aliphatic heterocycles. The van der Waals surface area contributed by atoms with E-state index in [4.69, 9.17) is 5.73 Å². The number of sulfonamides is 1. The molecule has 0 radical (unpaired) electrons. The second-order valence-corrected chi connectivity index (χ2v) is 7.03. The molecule has 1 fully saturated rings. The molecule has 0 aromatic heterocycles. The Balaban J connectivity index is 2.04. The van der Waals surface area contributed by atoms with Gasteiger partial charge in [-0.25, -0.2) is 12.8 Å². The second-order valence-electron chi connectivity index (χ2n) is 5.28. The highest BCUT2D eigenvalue weighted by atomic mass is 32.2. The van der Waals surface area contributed by atoms with Gasteiger partial charge in [0.15, 0.2) is 0 Å². The molecule has 116 valence electrons. The number of rotatable bonds is 6. The maximum atomic E-state index is 13.5. The fourth-order valence-corrected chi connectivity index (χ4v) is 2.50. The lowest BCUT2D eigenvalue weighted by atomic mass is 10.1. The van der Waals surface area contributed by atoms with Gasteiger partial charge >= 0.3 is 0 Å². The molecule has 1 amide bonds. The van der Waals surface area contributed by atoms with E-state index in [-0.39, 0.29) is 17.3 Å². The van der Waals surface area contributed by atoms with Crippen molar-refractivity contribution in [2.45, 2.75) is 18.9 Å². The minimum Gasteiger partial charge on any atom is -0.350 e. The summed E-state index contributed by atoms with van der Waals surface area (Å²) in [5.41, 5.74) is 5.79. The van der Waals surface area contributed by atoms with Gasteiger partial charge in [-0.1, -0.05) is 0 Å². The van der Waals surface area contributed by atoms with Crippen LogP contribution >= 0.6 is 0 Å². The third kappa shape index (κ3) is 4.68. The SMILES string of the molecule is CS(=O)(=O)Nc1cc(C(=O)NCC(N)C2CC2)ccc1F. The van der Waals surface area contributed by atoms with E-state index in [0.29, 0.717) is 12.5 Å². The van der Waals surface area contributed by atoms with Crippen molar-refractivity contribution < 1.29 is 17.6 Å². The molecule has 2 rings (SSSR count). The zero-order valence-corrected chi connectivity index (χ0v) is 12.4. The first-order valence-corrected chi connectivity index (χ1v) is 8.46. The van der Waals surface area contributed by atoms with Gasteiger partial charge < -0.3 is 11.1 Å². The monoisotopic (exact) mass is 315 g/mol. The van der Waals surface area contributed by atoms with Crippen LogP contribution in [0, 0.1) is 11.7 Å². The van der Waals surface area contributed by atoms with E-state index in [1.807, 2.05) is 4.72 Å². The normalized spacial score (nSPS) is 16.3. The van der Waals surface area contributed by atoms with Gasteiger partial charge in [-0.3, -0.25) is 9.52 Å². The van der Waals surface area contributed by atoms with Crippen LogP contribution in [0.4, 0.5) is 10.1 Å². The van der Waals surface area contributed by atoms with E-state index in [1.165, 1.54) is 6.07 Å². The van der Waals surface area contributed by atoms with E-state index >= 15 is 0 Å². The lowest BCUT2D eigenvalue weighted by Crippen LogP contribution is -2.38. The van der Waals surface area contributed by atoms with Crippen LogP contribution in [0.25, 0.3) is 0 Å². The lowest BCUT2D eigenvalue weighted by Gasteiger charge is -2.12. The first kappa shape index (κ1) is 15.7. The first-order chi connectivity index (χ1) is 9.76. The molecule has 1 atom stereocenters. The maximum Gasteiger partial charge on any atom is 0.251 e. The van der Waals surface area contributed by atoms with Crippen molar-refractivity contribution in [3.05, 3.63) is 29.6 Å². The van der Waals surface area contributed by atoms with E-state index in [0.717, 1.165) is 31.2 Å². The van der Waals surface area contributed by atoms with Crippen molar-refractivity contribution in [1.82, 2.24) is 5.32 Å². The number of nitrogens with one attached hydrogen (secondary N) is 2. The smallest absolute Gasteiger partial charge is 0.251 e. The van der Waals surface area contributed by atoms with Crippen molar-refractivity contribution in [1.29, 1.82) is 0 Å². The van der Waals surface area contributed by atoms with Crippen molar-refractivity contribution in [2.24, 2.45) is 11.7 Å². The predicted molar refractivity (Wildman–Crippen MR) is 77.9 cm³/mol. The first-order valence-electron chi connectivity index (χ1n) is 6.57. The van der Waals surface area contributed by atoms with Crippen molar-refractivity contribution in [3.63, 3.8) is 0 Å². The predicted octanol–water partition coefficient (Wildman–Crippen LogP) is 0.664. The Kier molecular flexibility index (Phi) is 4.48. The number of benzene rings is 1. The van der Waals surface area contributed by atoms with Crippen LogP contribution in [0.15, 0.2) is 18.2 Å². The van der Waals surface area contributed by atoms with Gasteiger partial charge in [-0.05, 0) is 37.0 Å². The molecule has 1 saturated carbocycles. The Hall–Kier alpha value is -1.67. The number of anilines is 1. The standard InChI is InChI=1S/C13H18FN3O3S/c1-21(19,20)17-12-6-9(4-5-10(12)14)13(18)16-7-11(15)8-2-3-8/h4-6,8,11,17H,2-3,7,15H2,1H3,(H,16,18). The fourth-order valence-electron chi connectivity index (χ4n) is 1.95. The van der Waals surface area contributed by atoms with Crippen LogP contribution in [0.1, 0.15) is 23.2 Å². The number of carbonyl (C=O) groups is 1. The summed E-state index contributed by atoms with van der Waals surface area (Å²) in [5, 5.41) is 2.67. The highest BCUT2D eigenvalue weighted by Crippen LogP contribution is 2.31. The van der Waals surface area contributed by atoms with Gasteiger partial charge in [0.05, 0.1) is 11.9 Å². The Morgan fingerprint density at radius 3 is 2.71 bits per heavy atom. The van der Waals surface area contributed by atoms with Gasteiger partial charge in [0.25, 0.3) is 5.91 Å². The van der Waals surface area contributed by atoms with Gasteiger partial charge in [0, 0.05) is 18.2 Å². The zero-order chi connectivity index (χ0) is 15.6. The Morgan fingerprint density at radius 2 is 2.14 bits per heavy atom. The van der Waals surface area contributed by atoms with Crippen molar-refractivity contribution in [2.75, 3.05) is 17.5 Å². The largest absolute Gasteiger partial charge is 0.350 e. The molecule has 6 nitrogen and oxygen atoms in total. The van der Waals surface area contributed by atoms with Crippen molar-refractivity contribution >= 4 is 21.6 Å². The molecule has 4 N–H and O–H groups in total. The summed E-state index contributed by atoms with van der Waals surface area (Å²) >= 11 is 0. The van der Waals surface area contributed by atoms with Gasteiger partial charge in [-0.2, -0.15) is 0 Å². The average molecular weight is 315 g/mol. The summed E-state index contributed by atoms with van der Waals surface area (Å²) in [5.74, 6) is -0.699. The molecule has 1 aromatic carbocycles. The fraction of sp³-hybridized carbons (Fsp3) is 0.462. The molecule has 0 saturated heterocycles. The van der Waals surface area contributed by atoms with E-state index in [1.54, 1.807) is 0 Å². The lowest BCUT2D eigenvalue weighted by molar-refractivity contribution is 0.0950. The van der Waals surface area contributed by atoms with Gasteiger partial charge in [-0.15, -0.1) is 0 Å². The van der Waals surface area contributed by atoms with Gasteiger partial charge in [0.2, 0.25) is 10.0 Å². The number of halogens is 1. The van der Waals surface area contributed by atoms with Crippen LogP contribution in [0.3, 0.4) is 0 Å². The highest BCUT2D eigenvalue weighted by Gasteiger charge is 2.28. The van der Waals surface area contributed by atoms with Crippen molar-refractivity contribution in [3.8, 4) is 0 Å². The third-order valence-electron chi connectivity index (χ3n) is 3.25. The quantitative estimate of drug-likeness (QED) is 0.718. The molecular weight excluding hydrogens is 297 g/mol. The zero-order valence-electron chi connectivity index (χ0n) is 11.6. The molecule has 1 unspecified atom stereocenters. The topological polar surface area (TPSA) is 101 Å². The summed E-state index contributed by atoms with van der Waals surface area (Å²) in [6.07, 6.45) is 3.07. The summed E-state index contributed by atoms with van der Waals surface area (Å²) in [7, 11) is -3.61. The number of amides is 1. The summed E-state index contributed by atoms with van der Waals surface area (Å²) in [4.78, 5) is 12.0. The number of hydrogen-bond donors (Lipinski definition) is 3. The molecule has 8 heteroatoms. The molecule has 0 bridgehead atoms. The van der Waals surface area contributed by atoms with Crippen LogP contribution in [0.2, 0.25) is 0 Å². The summed E-state index contributed by atoms with van der Waals surface area (Å²) in [6.45, 7) is 0.343. The maximum absolute atomic E-state index is 13.5. The number of hydrogen-bond acceptors (Lipinski definition) is 4. The second kappa shape index (κ2) is 5.98. The average Bonchev–Trinajstić information content (AvgIpc) is 3.21. The van der Waals surface area contributed by atoms with Gasteiger partial charge in [0.1, 0.15) is 5.82 Å². The third-order valence-corrected chi connectivity index (χ3v) is 3.84. The van der Waals surface area contributed by atoms with Crippen LogP contribution in [-0.4, -0.2) is 33.2 Å². The van der Waals surface area contributed by atoms with E-state index in [2.05, 4.69) is 5.32 Å². The number of carbonyl (C=O) groups excluding carboxylic acids is 1. The molecule has 1 aliphatic carbocycles. The Morgan fingerprint density at radius 1 is 1.48 bits per heavy atom. The molecule has 1 aromatic rings. The van der Waals surface area contributed by atoms with Crippen LogP contribution in [0.5, 0.6) is 0 Å². The number of nitrogens with two attached hydrogens (primary N) is 1. The molecule has 0 spiro atoms. The molecular formula is C13H18FN3O3S. The Bertz CT molecular complexity index is 644. The van der Waals surface area contributed by atoms with E-state index in [9.17, 15) is 17.6 Å².